The monoisotopic (exact) mass is 1640 g/mol. The fourth-order valence-corrected chi connectivity index (χ4v) is 16.2. The van der Waals surface area contributed by atoms with Gasteiger partial charge in [-0.25, -0.2) is 43.1 Å². The van der Waals surface area contributed by atoms with Gasteiger partial charge in [-0.15, -0.1) is 0 Å². The minimum absolute atomic E-state index is 0.0131. The van der Waals surface area contributed by atoms with Gasteiger partial charge in [0.25, 0.3) is 17.7 Å². The number of benzene rings is 6. The van der Waals surface area contributed by atoms with Crippen LogP contribution in [-0.2, 0) is 69.3 Å². The number of fused-ring (bicyclic) bond motifs is 2. The second kappa shape index (κ2) is 42.4. The molecule has 2 fully saturated rings. The summed E-state index contributed by atoms with van der Waals surface area (Å²) >= 11 is 0. The summed E-state index contributed by atoms with van der Waals surface area (Å²) in [4.78, 5) is 107. The molecule has 2 unspecified atom stereocenters. The lowest BCUT2D eigenvalue weighted by Gasteiger charge is -2.25. The van der Waals surface area contributed by atoms with E-state index < -0.39 is 93.3 Å². The average molecular weight is 1650 g/mol. The number of para-hydroxylation sites is 2. The molecule has 3 amide bonds. The first-order chi connectivity index (χ1) is 56.4. The van der Waals surface area contributed by atoms with Gasteiger partial charge in [-0.3, -0.25) is 18.9 Å². The molecule has 31 nitrogen and oxygen atoms in total. The molecule has 5 atom stereocenters. The number of ether oxygens (including phenoxy) is 4. The molecule has 4 aromatic heterocycles. The molecule has 6 aromatic carbocycles. The Morgan fingerprint density at radius 2 is 1.02 bits per heavy atom. The summed E-state index contributed by atoms with van der Waals surface area (Å²) in [5.74, 6) is -4.14. The van der Waals surface area contributed by atoms with E-state index in [9.17, 15) is 57.7 Å². The molecular formula is C84H94N8O23P2. The van der Waals surface area contributed by atoms with Crippen molar-refractivity contribution in [2.75, 3.05) is 51.8 Å². The number of rotatable bonds is 37. The number of nitrogens with zero attached hydrogens (tertiary/aromatic N) is 4. The predicted molar refractivity (Wildman–Crippen MR) is 431 cm³/mol. The minimum Gasteiger partial charge on any atom is -0.484 e. The maximum absolute atomic E-state index is 13.5. The molecule has 0 spiro atoms. The Morgan fingerprint density at radius 1 is 0.564 bits per heavy atom. The number of furan rings is 2. The molecule has 2 aliphatic rings. The SMILES string of the molecule is C=C(OP(=O)(CCNC(=O)COc1ccc(C[C@H](NC(=O)c2ccc3c(c2)nc(-c2ccoc2)n3C2CCCCC2)C(=O)O)cc1)Oc1ccccc1)C(=O)OCC.CCOC(=O)[C@@H](C)OP(=O)(CCN)Oc1ccccc1.O=C(O)COc1ccc(C[C@H](NC(=O)c2ccc3c(c2)nc(-c2ccoc2)n3C2CCCCC2)C(=O)O)cc1. The Balaban J connectivity index is 0.000000209. The number of carbonyl (C=O) groups excluding carboxylic acids is 5. The zero-order valence-corrected chi connectivity index (χ0v) is 66.6. The van der Waals surface area contributed by atoms with Gasteiger partial charge in [0.1, 0.15) is 59.3 Å². The number of carboxylic acids is 3. The van der Waals surface area contributed by atoms with Crippen LogP contribution in [0.15, 0.2) is 204 Å². The Kier molecular flexibility index (Phi) is 31.5. The van der Waals surface area contributed by atoms with Gasteiger partial charge in [0.05, 0.1) is 71.3 Å². The van der Waals surface area contributed by atoms with Crippen molar-refractivity contribution in [3.05, 3.63) is 217 Å². The predicted octanol–water partition coefficient (Wildman–Crippen LogP) is 14.0. The van der Waals surface area contributed by atoms with Crippen LogP contribution >= 0.6 is 15.2 Å². The molecule has 2 aliphatic carbocycles. The number of nitrogens with two attached hydrogens (primary N) is 1. The first-order valence-corrected chi connectivity index (χ1v) is 41.7. The van der Waals surface area contributed by atoms with Crippen molar-refractivity contribution in [1.82, 2.24) is 35.1 Å². The summed E-state index contributed by atoms with van der Waals surface area (Å²) in [6.07, 6.45) is 16.5. The van der Waals surface area contributed by atoms with Crippen LogP contribution in [0.1, 0.15) is 129 Å². The van der Waals surface area contributed by atoms with E-state index in [1.54, 1.807) is 166 Å². The second-order valence-corrected chi connectivity index (χ2v) is 31.5. The van der Waals surface area contributed by atoms with Crippen LogP contribution in [0.3, 0.4) is 0 Å². The highest BCUT2D eigenvalue weighted by Gasteiger charge is 2.34. The van der Waals surface area contributed by atoms with Gasteiger partial charge in [0.15, 0.2) is 19.3 Å². The first-order valence-electron chi connectivity index (χ1n) is 38.3. The van der Waals surface area contributed by atoms with Crippen molar-refractivity contribution >= 4 is 84.8 Å². The number of amides is 3. The number of hydrogen-bond acceptors (Lipinski definition) is 23. The molecule has 33 heteroatoms. The second-order valence-electron chi connectivity index (χ2n) is 27.4. The summed E-state index contributed by atoms with van der Waals surface area (Å²) in [6.45, 7) is 7.65. The van der Waals surface area contributed by atoms with Gasteiger partial charge in [-0.1, -0.05) is 99.2 Å². The van der Waals surface area contributed by atoms with Crippen molar-refractivity contribution in [1.29, 1.82) is 0 Å². The average Bonchev–Trinajstić information content (AvgIpc) is 1.62. The normalized spacial score (nSPS) is 14.6. The largest absolute Gasteiger partial charge is 0.484 e. The van der Waals surface area contributed by atoms with Gasteiger partial charge in [0.2, 0.25) is 5.76 Å². The number of carboxylic acid groups (broad SMARTS) is 3. The van der Waals surface area contributed by atoms with Crippen molar-refractivity contribution < 1.29 is 109 Å². The lowest BCUT2D eigenvalue weighted by Crippen LogP contribution is -2.42. The van der Waals surface area contributed by atoms with E-state index in [0.29, 0.717) is 51.0 Å². The highest BCUT2D eigenvalue weighted by molar-refractivity contribution is 7.54. The molecule has 8 N–H and O–H groups in total. The maximum Gasteiger partial charge on any atom is 0.432 e. The Labute approximate surface area is 674 Å². The molecule has 12 rings (SSSR count). The zero-order chi connectivity index (χ0) is 83.4. The maximum atomic E-state index is 13.5. The molecule has 2 saturated carbocycles. The highest BCUT2D eigenvalue weighted by atomic mass is 31.2. The zero-order valence-electron chi connectivity index (χ0n) is 64.8. The van der Waals surface area contributed by atoms with Crippen LogP contribution in [0.5, 0.6) is 23.0 Å². The lowest BCUT2D eigenvalue weighted by molar-refractivity contribution is -0.151. The third kappa shape index (κ3) is 25.1. The Morgan fingerprint density at radius 3 is 1.44 bits per heavy atom. The van der Waals surface area contributed by atoms with Gasteiger partial charge in [-0.05, 0) is 161 Å². The van der Waals surface area contributed by atoms with Crippen LogP contribution in [0.25, 0.3) is 44.8 Å². The molecule has 0 radical (unpaired) electrons. The lowest BCUT2D eigenvalue weighted by atomic mass is 9.95. The van der Waals surface area contributed by atoms with Crippen LogP contribution in [-0.4, -0.2) is 152 Å². The van der Waals surface area contributed by atoms with Gasteiger partial charge < -0.3 is 87.5 Å². The summed E-state index contributed by atoms with van der Waals surface area (Å²) in [6, 6.07) is 42.1. The van der Waals surface area contributed by atoms with Gasteiger partial charge in [-0.2, -0.15) is 0 Å². The summed E-state index contributed by atoms with van der Waals surface area (Å²) in [7, 11) is -7.52. The van der Waals surface area contributed by atoms with E-state index in [0.717, 1.165) is 85.2 Å². The topological polar surface area (TPSA) is 429 Å². The molecule has 618 valence electrons. The third-order valence-corrected chi connectivity index (χ3v) is 22.5. The van der Waals surface area contributed by atoms with E-state index in [1.807, 2.05) is 30.3 Å². The Hall–Kier alpha value is -12.3. The van der Waals surface area contributed by atoms with Crippen molar-refractivity contribution in [2.24, 2.45) is 5.73 Å². The Bertz CT molecular complexity index is 5110. The van der Waals surface area contributed by atoms with E-state index in [2.05, 4.69) is 31.7 Å². The summed E-state index contributed by atoms with van der Waals surface area (Å²) in [5.41, 5.74) is 12.1. The van der Waals surface area contributed by atoms with E-state index in [4.69, 9.17) is 66.7 Å². The fourth-order valence-electron chi connectivity index (χ4n) is 13.2. The number of hydrogen-bond donors (Lipinski definition) is 7. The number of imidazole rings is 2. The van der Waals surface area contributed by atoms with Crippen LogP contribution in [0.4, 0.5) is 0 Å². The van der Waals surface area contributed by atoms with Crippen LogP contribution in [0, 0.1) is 0 Å². The van der Waals surface area contributed by atoms with Crippen LogP contribution in [0.2, 0.25) is 0 Å². The fraction of sp³-hybridized carbons (Fsp3) is 0.333. The highest BCUT2D eigenvalue weighted by Crippen LogP contribution is 2.51. The number of aliphatic carboxylic acids is 3. The first kappa shape index (κ1) is 87.1. The summed E-state index contributed by atoms with van der Waals surface area (Å²) in [5, 5.41) is 36.3. The minimum atomic E-state index is -4.01. The number of aromatic nitrogens is 4. The van der Waals surface area contributed by atoms with Gasteiger partial charge >= 0.3 is 45.0 Å². The van der Waals surface area contributed by atoms with E-state index in [-0.39, 0.29) is 75.4 Å². The standard InChI is InChI=1S/C42H45N4O11P.C29H29N3O7.C13H20NO5P/c1-3-54-42(51)28(2)56-58(52,57-34-12-8-5-9-13-34)23-21-43-38(47)27-55-33-17-14-29(15-18-33)24-36(41(49)50)45-40(48)30-16-19-37-35(25-30)44-39(31-20-22-53-26-31)46(37)32-10-6-4-7-11-32;33-26(34)17-39-22-9-6-18(7-10-22)14-24(29(36)37)31-28(35)19-8-11-25-23(15-19)30-27(20-12-13-38-16-20)32(25)21-4-2-1-3-5-21;1-3-17-13(15)11(2)18-20(16,10-9-14)19-12-7-5-4-6-8-12/h5,8-9,12-20,22,25-26,32,36H,2-4,6-7,10-11,21,23-24,27H2,1H3,(H,43,47)(H,45,48)(H,49,50);6-13,15-16,21,24H,1-5,14,17H2,(H,31,35)(H,33,34)(H,36,37);4-8,11H,3,9-10,14H2,1-2H3/t36-,58?;24-;11-,20?/m001/s1. The van der Waals surface area contributed by atoms with Crippen LogP contribution < -0.4 is 40.2 Å². The molecule has 117 heavy (non-hydrogen) atoms. The molecule has 0 aliphatic heterocycles. The number of nitrogens with one attached hydrogen (secondary N) is 3. The quantitative estimate of drug-likeness (QED) is 0.00823. The van der Waals surface area contributed by atoms with Crippen molar-refractivity contribution in [2.45, 2.75) is 128 Å². The number of esters is 2. The number of carbonyl (C=O) groups is 8. The smallest absolute Gasteiger partial charge is 0.432 e. The third-order valence-electron chi connectivity index (χ3n) is 18.8. The van der Waals surface area contributed by atoms with Crippen molar-refractivity contribution in [3.8, 4) is 45.8 Å². The van der Waals surface area contributed by atoms with E-state index in [1.165, 1.54) is 19.8 Å². The molecule has 0 bridgehead atoms. The summed E-state index contributed by atoms with van der Waals surface area (Å²) < 4.78 is 83.1. The van der Waals surface area contributed by atoms with E-state index >= 15 is 0 Å². The van der Waals surface area contributed by atoms with Gasteiger partial charge in [0, 0.05) is 49.1 Å². The molecule has 4 heterocycles. The molecule has 10 aromatic rings. The molecular weight excluding hydrogens is 1550 g/mol. The molecule has 0 saturated heterocycles. The van der Waals surface area contributed by atoms with Crippen molar-refractivity contribution in [3.63, 3.8) is 0 Å².